The predicted molar refractivity (Wildman–Crippen MR) is 121 cm³/mol. The summed E-state index contributed by atoms with van der Waals surface area (Å²) in [5, 5.41) is 2.89. The van der Waals surface area contributed by atoms with Crippen LogP contribution in [0.1, 0.15) is 17.5 Å². The number of nitrogens with zero attached hydrogens (tertiary/aromatic N) is 2. The highest BCUT2D eigenvalue weighted by atomic mass is 32.2. The van der Waals surface area contributed by atoms with Crippen molar-refractivity contribution in [1.29, 1.82) is 0 Å². The van der Waals surface area contributed by atoms with Gasteiger partial charge in [0.05, 0.1) is 24.7 Å². The van der Waals surface area contributed by atoms with Crippen LogP contribution in [0.15, 0.2) is 53.4 Å². The minimum Gasteiger partial charge on any atom is -0.447 e. The first-order chi connectivity index (χ1) is 15.9. The lowest BCUT2D eigenvalue weighted by molar-refractivity contribution is -0.121. The fraction of sp³-hybridized carbons (Fsp3) is 0.391. The van der Waals surface area contributed by atoms with Crippen molar-refractivity contribution in [2.75, 3.05) is 44.4 Å². The smallest absolute Gasteiger partial charge is 0.414 e. The highest BCUT2D eigenvalue weighted by Gasteiger charge is 2.26. The standard InChI is InChI=1S/C23H27N3O6S/c27-22(24-17-19-2-1-3-20(16-19)26-12-15-32-23(26)28)9-6-18-4-7-21(8-5-18)33(29,30)25-10-13-31-14-11-25/h1-5,7-8,16H,6,9-15,17H2,(H,24,27). The van der Waals surface area contributed by atoms with E-state index in [1.54, 1.807) is 29.2 Å². The molecule has 0 radical (unpaired) electrons. The molecule has 10 heteroatoms. The van der Waals surface area contributed by atoms with Gasteiger partial charge in [-0.1, -0.05) is 24.3 Å². The van der Waals surface area contributed by atoms with Crippen molar-refractivity contribution in [2.24, 2.45) is 0 Å². The average molecular weight is 474 g/mol. The Labute approximate surface area is 193 Å². The van der Waals surface area contributed by atoms with Gasteiger partial charge in [0.1, 0.15) is 6.61 Å². The van der Waals surface area contributed by atoms with Crippen LogP contribution in [0.4, 0.5) is 10.5 Å². The molecule has 2 fully saturated rings. The molecule has 0 aliphatic carbocycles. The molecule has 2 saturated heterocycles. The molecule has 33 heavy (non-hydrogen) atoms. The zero-order valence-corrected chi connectivity index (χ0v) is 19.1. The number of nitrogens with one attached hydrogen (secondary N) is 1. The Morgan fingerprint density at radius 2 is 1.73 bits per heavy atom. The van der Waals surface area contributed by atoms with Crippen LogP contribution >= 0.6 is 0 Å². The van der Waals surface area contributed by atoms with Crippen LogP contribution in [0.3, 0.4) is 0 Å². The average Bonchev–Trinajstić information content (AvgIpc) is 3.28. The number of sulfonamides is 1. The van der Waals surface area contributed by atoms with Crippen LogP contribution in [0, 0.1) is 0 Å². The van der Waals surface area contributed by atoms with Gasteiger partial charge in [-0.25, -0.2) is 13.2 Å². The zero-order valence-electron chi connectivity index (χ0n) is 18.2. The molecule has 0 atom stereocenters. The van der Waals surface area contributed by atoms with E-state index in [1.165, 1.54) is 4.31 Å². The fourth-order valence-corrected chi connectivity index (χ4v) is 5.18. The summed E-state index contributed by atoms with van der Waals surface area (Å²) < 4.78 is 37.0. The molecule has 2 aromatic carbocycles. The largest absolute Gasteiger partial charge is 0.447 e. The number of carbonyl (C=O) groups excluding carboxylic acids is 2. The summed E-state index contributed by atoms with van der Waals surface area (Å²) in [4.78, 5) is 25.8. The van der Waals surface area contributed by atoms with Crippen LogP contribution in [0.5, 0.6) is 0 Å². The molecule has 0 unspecified atom stereocenters. The van der Waals surface area contributed by atoms with Crippen molar-refractivity contribution in [3.8, 4) is 0 Å². The Balaban J connectivity index is 1.27. The van der Waals surface area contributed by atoms with Crippen molar-refractivity contribution < 1.29 is 27.5 Å². The molecular formula is C23H27N3O6S. The second kappa shape index (κ2) is 10.3. The Hall–Kier alpha value is -2.95. The van der Waals surface area contributed by atoms with E-state index < -0.39 is 10.0 Å². The number of hydrogen-bond donors (Lipinski definition) is 1. The molecule has 1 N–H and O–H groups in total. The SMILES string of the molecule is O=C(CCc1ccc(S(=O)(=O)N2CCOCC2)cc1)NCc1cccc(N2CCOC2=O)c1. The van der Waals surface area contributed by atoms with Gasteiger partial charge < -0.3 is 14.8 Å². The van der Waals surface area contributed by atoms with E-state index in [0.717, 1.165) is 16.8 Å². The van der Waals surface area contributed by atoms with E-state index in [4.69, 9.17) is 9.47 Å². The van der Waals surface area contributed by atoms with Gasteiger partial charge >= 0.3 is 6.09 Å². The third-order valence-electron chi connectivity index (χ3n) is 5.64. The molecule has 9 nitrogen and oxygen atoms in total. The first-order valence-corrected chi connectivity index (χ1v) is 12.3. The lowest BCUT2D eigenvalue weighted by atomic mass is 10.1. The Bertz CT molecular complexity index is 1100. The van der Waals surface area contributed by atoms with Crippen molar-refractivity contribution in [1.82, 2.24) is 9.62 Å². The number of ether oxygens (including phenoxy) is 2. The van der Waals surface area contributed by atoms with Crippen LogP contribution in [0.2, 0.25) is 0 Å². The van der Waals surface area contributed by atoms with E-state index in [1.807, 2.05) is 24.3 Å². The molecule has 2 aliphatic rings. The van der Waals surface area contributed by atoms with Crippen LogP contribution < -0.4 is 10.2 Å². The number of amides is 2. The van der Waals surface area contributed by atoms with Crippen LogP contribution in [-0.4, -0.2) is 64.2 Å². The Kier molecular flexibility index (Phi) is 7.26. The predicted octanol–water partition coefficient (Wildman–Crippen LogP) is 1.91. The number of anilines is 1. The third-order valence-corrected chi connectivity index (χ3v) is 7.56. The lowest BCUT2D eigenvalue weighted by Crippen LogP contribution is -2.40. The number of cyclic esters (lactones) is 1. The van der Waals surface area contributed by atoms with Crippen LogP contribution in [0.25, 0.3) is 0 Å². The lowest BCUT2D eigenvalue weighted by Gasteiger charge is -2.26. The summed E-state index contributed by atoms with van der Waals surface area (Å²) in [5.41, 5.74) is 2.52. The molecule has 2 heterocycles. The first-order valence-electron chi connectivity index (χ1n) is 10.9. The number of hydrogen-bond acceptors (Lipinski definition) is 6. The zero-order chi connectivity index (χ0) is 23.3. The molecule has 2 amide bonds. The highest BCUT2D eigenvalue weighted by Crippen LogP contribution is 2.20. The summed E-state index contributed by atoms with van der Waals surface area (Å²) in [6, 6.07) is 14.1. The molecule has 0 bridgehead atoms. The number of carbonyl (C=O) groups is 2. The molecule has 4 rings (SSSR count). The van der Waals surface area contributed by atoms with Gasteiger partial charge in [-0.05, 0) is 41.8 Å². The summed E-state index contributed by atoms with van der Waals surface area (Å²) in [7, 11) is -3.52. The maximum atomic E-state index is 12.7. The highest BCUT2D eigenvalue weighted by molar-refractivity contribution is 7.89. The van der Waals surface area contributed by atoms with Gasteiger partial charge in [0.25, 0.3) is 0 Å². The Morgan fingerprint density at radius 3 is 2.42 bits per heavy atom. The second-order valence-corrected chi connectivity index (χ2v) is 9.81. The number of aryl methyl sites for hydroxylation is 1. The maximum Gasteiger partial charge on any atom is 0.414 e. The number of morpholine rings is 1. The molecule has 0 aromatic heterocycles. The van der Waals surface area contributed by atoms with E-state index in [0.29, 0.717) is 52.4 Å². The van der Waals surface area contributed by atoms with Crippen molar-refractivity contribution in [2.45, 2.75) is 24.3 Å². The van der Waals surface area contributed by atoms with E-state index in [9.17, 15) is 18.0 Å². The van der Waals surface area contributed by atoms with Crippen LogP contribution in [-0.2, 0) is 37.3 Å². The minimum absolute atomic E-state index is 0.106. The van der Waals surface area contributed by atoms with E-state index in [-0.39, 0.29) is 23.3 Å². The normalized spacial score (nSPS) is 17.1. The molecule has 0 spiro atoms. The van der Waals surface area contributed by atoms with Gasteiger partial charge in [0, 0.05) is 31.7 Å². The van der Waals surface area contributed by atoms with E-state index in [2.05, 4.69) is 5.32 Å². The topological polar surface area (TPSA) is 105 Å². The minimum atomic E-state index is -3.52. The Morgan fingerprint density at radius 1 is 0.970 bits per heavy atom. The third kappa shape index (κ3) is 5.70. The van der Waals surface area contributed by atoms with Gasteiger partial charge in [0.2, 0.25) is 15.9 Å². The second-order valence-electron chi connectivity index (χ2n) is 7.87. The molecule has 2 aromatic rings. The molecule has 2 aliphatic heterocycles. The van der Waals surface area contributed by atoms with Crippen molar-refractivity contribution in [3.63, 3.8) is 0 Å². The summed E-state index contributed by atoms with van der Waals surface area (Å²) in [6.07, 6.45) is 0.428. The van der Waals surface area contributed by atoms with Crippen molar-refractivity contribution in [3.05, 3.63) is 59.7 Å². The van der Waals surface area contributed by atoms with Gasteiger partial charge in [-0.3, -0.25) is 9.69 Å². The molecule has 0 saturated carbocycles. The first kappa shape index (κ1) is 23.2. The number of benzene rings is 2. The van der Waals surface area contributed by atoms with Gasteiger partial charge in [-0.15, -0.1) is 0 Å². The fourth-order valence-electron chi connectivity index (χ4n) is 3.77. The monoisotopic (exact) mass is 473 g/mol. The number of rotatable bonds is 8. The quantitative estimate of drug-likeness (QED) is 0.628. The molecule has 176 valence electrons. The summed E-state index contributed by atoms with van der Waals surface area (Å²) in [5.74, 6) is -0.106. The summed E-state index contributed by atoms with van der Waals surface area (Å²) >= 11 is 0. The molecular weight excluding hydrogens is 446 g/mol. The van der Waals surface area contributed by atoms with E-state index >= 15 is 0 Å². The van der Waals surface area contributed by atoms with Crippen molar-refractivity contribution >= 4 is 27.7 Å². The summed E-state index contributed by atoms with van der Waals surface area (Å²) in [6.45, 7) is 2.76. The van der Waals surface area contributed by atoms with Gasteiger partial charge in [-0.2, -0.15) is 4.31 Å². The maximum absolute atomic E-state index is 12.7. The van der Waals surface area contributed by atoms with Gasteiger partial charge in [0.15, 0.2) is 0 Å².